The van der Waals surface area contributed by atoms with Crippen molar-refractivity contribution in [3.63, 3.8) is 0 Å². The minimum Gasteiger partial charge on any atom is -0.444 e. The van der Waals surface area contributed by atoms with Crippen molar-refractivity contribution in [3.8, 4) is 0 Å². The Morgan fingerprint density at radius 3 is 2.52 bits per heavy atom. The fourth-order valence-electron chi connectivity index (χ4n) is 3.75. The standard InChI is InChI=1S/C18H34N2O3/c1-18(2,3)23-17(22)20-10-6-9-16(12-20)19-11-14-7-4-5-8-15(14)13-21/h14-16,19,21H,4-13H2,1-3H3. The number of hydrogen-bond acceptors (Lipinski definition) is 4. The molecule has 5 heteroatoms. The van der Waals surface area contributed by atoms with Gasteiger partial charge in [0.2, 0.25) is 0 Å². The second-order valence-electron chi connectivity index (χ2n) is 8.16. The van der Waals surface area contributed by atoms with E-state index in [2.05, 4.69) is 5.32 Å². The Hall–Kier alpha value is -0.810. The van der Waals surface area contributed by atoms with Crippen LogP contribution in [0.4, 0.5) is 4.79 Å². The molecule has 23 heavy (non-hydrogen) atoms. The number of likely N-dealkylation sites (tertiary alicyclic amines) is 1. The van der Waals surface area contributed by atoms with Crippen LogP contribution in [0.25, 0.3) is 0 Å². The maximum absolute atomic E-state index is 12.2. The third-order valence-corrected chi connectivity index (χ3v) is 5.04. The largest absolute Gasteiger partial charge is 0.444 e. The van der Waals surface area contributed by atoms with Gasteiger partial charge in [-0.25, -0.2) is 4.79 Å². The number of aliphatic hydroxyl groups excluding tert-OH is 1. The summed E-state index contributed by atoms with van der Waals surface area (Å²) in [5.74, 6) is 1.02. The first-order chi connectivity index (χ1) is 10.9. The Labute approximate surface area is 140 Å². The first-order valence-corrected chi connectivity index (χ1v) is 9.21. The van der Waals surface area contributed by atoms with Crippen LogP contribution in [0.15, 0.2) is 0 Å². The molecule has 2 N–H and O–H groups in total. The lowest BCUT2D eigenvalue weighted by Gasteiger charge is -2.36. The van der Waals surface area contributed by atoms with E-state index >= 15 is 0 Å². The lowest BCUT2D eigenvalue weighted by atomic mass is 9.79. The Bertz CT molecular complexity index is 381. The second kappa shape index (κ2) is 8.34. The molecule has 1 saturated heterocycles. The molecule has 134 valence electrons. The van der Waals surface area contributed by atoms with Gasteiger partial charge < -0.3 is 20.1 Å². The summed E-state index contributed by atoms with van der Waals surface area (Å²) in [7, 11) is 0. The van der Waals surface area contributed by atoms with E-state index in [4.69, 9.17) is 4.74 Å². The van der Waals surface area contributed by atoms with Gasteiger partial charge >= 0.3 is 6.09 Å². The van der Waals surface area contributed by atoms with Crippen LogP contribution in [-0.2, 0) is 4.74 Å². The van der Waals surface area contributed by atoms with Gasteiger partial charge in [0, 0.05) is 25.7 Å². The molecule has 0 aromatic heterocycles. The predicted molar refractivity (Wildman–Crippen MR) is 91.4 cm³/mol. The van der Waals surface area contributed by atoms with Gasteiger partial charge in [-0.05, 0) is 64.8 Å². The number of rotatable bonds is 4. The molecule has 2 fully saturated rings. The molecule has 1 aliphatic carbocycles. The number of nitrogens with zero attached hydrogens (tertiary/aromatic N) is 1. The van der Waals surface area contributed by atoms with Crippen LogP contribution in [0.3, 0.4) is 0 Å². The Kier molecular flexibility index (Phi) is 6.72. The summed E-state index contributed by atoms with van der Waals surface area (Å²) in [6, 6.07) is 0.345. The van der Waals surface area contributed by atoms with Crippen molar-refractivity contribution in [2.75, 3.05) is 26.2 Å². The molecule has 0 spiro atoms. The molecule has 3 unspecified atom stereocenters. The van der Waals surface area contributed by atoms with Gasteiger partial charge in [-0.15, -0.1) is 0 Å². The highest BCUT2D eigenvalue weighted by Crippen LogP contribution is 2.29. The lowest BCUT2D eigenvalue weighted by Crippen LogP contribution is -2.50. The number of hydrogen-bond donors (Lipinski definition) is 2. The summed E-state index contributed by atoms with van der Waals surface area (Å²) in [6.07, 6.45) is 6.81. The highest BCUT2D eigenvalue weighted by atomic mass is 16.6. The van der Waals surface area contributed by atoms with E-state index in [1.54, 1.807) is 0 Å². The number of nitrogens with one attached hydrogen (secondary N) is 1. The van der Waals surface area contributed by atoms with Crippen LogP contribution in [-0.4, -0.2) is 54.0 Å². The van der Waals surface area contributed by atoms with E-state index in [-0.39, 0.29) is 6.09 Å². The van der Waals surface area contributed by atoms with Gasteiger partial charge in [-0.1, -0.05) is 12.8 Å². The van der Waals surface area contributed by atoms with E-state index in [9.17, 15) is 9.90 Å². The van der Waals surface area contributed by atoms with Crippen molar-refractivity contribution in [1.29, 1.82) is 0 Å². The van der Waals surface area contributed by atoms with Gasteiger partial charge in [0.25, 0.3) is 0 Å². The number of carbonyl (C=O) groups excluding carboxylic acids is 1. The summed E-state index contributed by atoms with van der Waals surface area (Å²) in [6.45, 7) is 8.49. The normalized spacial score (nSPS) is 29.4. The molecule has 3 atom stereocenters. The lowest BCUT2D eigenvalue weighted by molar-refractivity contribution is 0.0183. The highest BCUT2D eigenvalue weighted by Gasteiger charge is 2.29. The molecule has 1 aliphatic heterocycles. The third-order valence-electron chi connectivity index (χ3n) is 5.04. The minimum absolute atomic E-state index is 0.199. The molecule has 1 heterocycles. The summed E-state index contributed by atoms with van der Waals surface area (Å²) < 4.78 is 5.48. The van der Waals surface area contributed by atoms with Crippen LogP contribution < -0.4 is 5.32 Å². The fourth-order valence-corrected chi connectivity index (χ4v) is 3.75. The van der Waals surface area contributed by atoms with Crippen LogP contribution >= 0.6 is 0 Å². The molecule has 0 aromatic rings. The van der Waals surface area contributed by atoms with Crippen LogP contribution in [0, 0.1) is 11.8 Å². The van der Waals surface area contributed by atoms with Gasteiger partial charge in [0.05, 0.1) is 0 Å². The van der Waals surface area contributed by atoms with Crippen LogP contribution in [0.1, 0.15) is 59.3 Å². The molecule has 1 amide bonds. The van der Waals surface area contributed by atoms with Crippen molar-refractivity contribution < 1.29 is 14.6 Å². The molecule has 2 rings (SSSR count). The molecular formula is C18H34N2O3. The first-order valence-electron chi connectivity index (χ1n) is 9.21. The molecular weight excluding hydrogens is 292 g/mol. The average molecular weight is 326 g/mol. The van der Waals surface area contributed by atoms with E-state index in [1.807, 2.05) is 25.7 Å². The quantitative estimate of drug-likeness (QED) is 0.834. The predicted octanol–water partition coefficient (Wildman–Crippen LogP) is 2.77. The van der Waals surface area contributed by atoms with Gasteiger partial charge in [-0.3, -0.25) is 0 Å². The van der Waals surface area contributed by atoms with Crippen molar-refractivity contribution in [2.24, 2.45) is 11.8 Å². The monoisotopic (exact) mass is 326 g/mol. The fraction of sp³-hybridized carbons (Fsp3) is 0.944. The minimum atomic E-state index is -0.437. The van der Waals surface area contributed by atoms with Crippen molar-refractivity contribution in [3.05, 3.63) is 0 Å². The maximum Gasteiger partial charge on any atom is 0.410 e. The van der Waals surface area contributed by atoms with Crippen molar-refractivity contribution in [2.45, 2.75) is 70.9 Å². The third kappa shape index (κ3) is 5.96. The van der Waals surface area contributed by atoms with E-state index < -0.39 is 5.60 Å². The first kappa shape index (κ1) is 18.5. The smallest absolute Gasteiger partial charge is 0.410 e. The Balaban J connectivity index is 1.78. The number of piperidine rings is 1. The average Bonchev–Trinajstić information content (AvgIpc) is 2.52. The molecule has 1 saturated carbocycles. The van der Waals surface area contributed by atoms with Crippen LogP contribution in [0.2, 0.25) is 0 Å². The topological polar surface area (TPSA) is 61.8 Å². The van der Waals surface area contributed by atoms with E-state index in [0.29, 0.717) is 24.5 Å². The molecule has 0 radical (unpaired) electrons. The summed E-state index contributed by atoms with van der Waals surface area (Å²) >= 11 is 0. The zero-order valence-corrected chi connectivity index (χ0v) is 15.0. The maximum atomic E-state index is 12.2. The number of carbonyl (C=O) groups is 1. The van der Waals surface area contributed by atoms with Crippen molar-refractivity contribution in [1.82, 2.24) is 10.2 Å². The highest BCUT2D eigenvalue weighted by molar-refractivity contribution is 5.68. The molecule has 5 nitrogen and oxygen atoms in total. The zero-order chi connectivity index (χ0) is 16.9. The molecule has 0 bridgehead atoms. The molecule has 2 aliphatic rings. The number of amides is 1. The van der Waals surface area contributed by atoms with E-state index in [1.165, 1.54) is 19.3 Å². The van der Waals surface area contributed by atoms with Gasteiger partial charge in [-0.2, -0.15) is 0 Å². The van der Waals surface area contributed by atoms with Gasteiger partial charge in [0.1, 0.15) is 5.60 Å². The van der Waals surface area contributed by atoms with Gasteiger partial charge in [0.15, 0.2) is 0 Å². The summed E-state index contributed by atoms with van der Waals surface area (Å²) in [5, 5.41) is 13.2. The Morgan fingerprint density at radius 1 is 1.17 bits per heavy atom. The summed E-state index contributed by atoms with van der Waals surface area (Å²) in [4.78, 5) is 14.0. The number of aliphatic hydroxyl groups is 1. The van der Waals surface area contributed by atoms with Crippen LogP contribution in [0.5, 0.6) is 0 Å². The summed E-state index contributed by atoms with van der Waals surface area (Å²) in [5.41, 5.74) is -0.437. The van der Waals surface area contributed by atoms with E-state index in [0.717, 1.165) is 38.9 Å². The molecule has 0 aromatic carbocycles. The number of ether oxygens (including phenoxy) is 1. The zero-order valence-electron chi connectivity index (χ0n) is 15.0. The SMILES string of the molecule is CC(C)(C)OC(=O)N1CCCC(NCC2CCCCC2CO)C1. The second-order valence-corrected chi connectivity index (χ2v) is 8.16. The Morgan fingerprint density at radius 2 is 1.87 bits per heavy atom. The van der Waals surface area contributed by atoms with Crippen molar-refractivity contribution >= 4 is 6.09 Å².